The summed E-state index contributed by atoms with van der Waals surface area (Å²) in [7, 11) is 3.33. The van der Waals surface area contributed by atoms with Crippen molar-refractivity contribution in [2.75, 3.05) is 20.8 Å². The molecule has 0 unspecified atom stereocenters. The van der Waals surface area contributed by atoms with Gasteiger partial charge < -0.3 is 9.47 Å². The molecule has 0 aliphatic heterocycles. The van der Waals surface area contributed by atoms with Crippen LogP contribution in [-0.4, -0.2) is 27.0 Å². The maximum atomic E-state index is 5.45. The first kappa shape index (κ1) is 19.3. The third-order valence-electron chi connectivity index (χ3n) is 5.01. The van der Waals surface area contributed by atoms with Gasteiger partial charge in [-0.2, -0.15) is 0 Å². The van der Waals surface area contributed by atoms with Crippen LogP contribution in [0.15, 0.2) is 53.5 Å². The Morgan fingerprint density at radius 1 is 1.00 bits per heavy atom. The summed E-state index contributed by atoms with van der Waals surface area (Å²) in [4.78, 5) is 4.79. The highest BCUT2D eigenvalue weighted by molar-refractivity contribution is 5.85. The van der Waals surface area contributed by atoms with Gasteiger partial charge in [0.15, 0.2) is 0 Å². The lowest BCUT2D eigenvalue weighted by Gasteiger charge is -2.27. The van der Waals surface area contributed by atoms with Crippen molar-refractivity contribution in [1.82, 2.24) is 0 Å². The van der Waals surface area contributed by atoms with Crippen LogP contribution in [0.2, 0.25) is 0 Å². The molecule has 2 aromatic rings. The van der Waals surface area contributed by atoms with Gasteiger partial charge in [0.05, 0.1) is 14.2 Å². The van der Waals surface area contributed by atoms with E-state index in [1.54, 1.807) is 14.2 Å². The van der Waals surface area contributed by atoms with Crippen LogP contribution in [0.1, 0.15) is 36.8 Å². The van der Waals surface area contributed by atoms with E-state index in [1.807, 2.05) is 24.4 Å². The summed E-state index contributed by atoms with van der Waals surface area (Å²) >= 11 is 0. The minimum atomic E-state index is 0. The number of hydrogen-bond donors (Lipinski definition) is 0. The average Bonchev–Trinajstić information content (AvgIpc) is 3.12. The largest absolute Gasteiger partial charge is 0.497 e. The number of hydrogen-bond acceptors (Lipinski definition) is 3. The summed E-state index contributed by atoms with van der Waals surface area (Å²) in [5, 5.41) is 0. The van der Waals surface area contributed by atoms with Crippen molar-refractivity contribution in [1.29, 1.82) is 0 Å². The Bertz CT molecular complexity index is 694. The Morgan fingerprint density at radius 2 is 1.72 bits per heavy atom. The van der Waals surface area contributed by atoms with E-state index in [-0.39, 0.29) is 17.8 Å². The molecule has 0 atom stereocenters. The van der Waals surface area contributed by atoms with E-state index in [0.29, 0.717) is 0 Å². The van der Waals surface area contributed by atoms with Gasteiger partial charge in [0.25, 0.3) is 0 Å². The second-order valence-corrected chi connectivity index (χ2v) is 6.43. The molecule has 3 nitrogen and oxygen atoms in total. The normalized spacial score (nSPS) is 15.8. The molecule has 1 aliphatic rings. The van der Waals surface area contributed by atoms with Crippen LogP contribution in [0.3, 0.4) is 0 Å². The van der Waals surface area contributed by atoms with Crippen LogP contribution in [0.25, 0.3) is 0 Å². The van der Waals surface area contributed by atoms with Crippen molar-refractivity contribution in [2.45, 2.75) is 31.1 Å². The summed E-state index contributed by atoms with van der Waals surface area (Å²) in [6.45, 7) is 0.826. The van der Waals surface area contributed by atoms with E-state index in [9.17, 15) is 0 Å². The zero-order chi connectivity index (χ0) is 16.8. The molecule has 1 aliphatic carbocycles. The highest BCUT2D eigenvalue weighted by Gasteiger charge is 2.35. The van der Waals surface area contributed by atoms with Crippen molar-refractivity contribution in [3.8, 4) is 11.5 Å². The van der Waals surface area contributed by atoms with Gasteiger partial charge in [-0.1, -0.05) is 43.2 Å². The van der Waals surface area contributed by atoms with Gasteiger partial charge in [0.1, 0.15) is 11.5 Å². The molecule has 0 bridgehead atoms. The lowest BCUT2D eigenvalue weighted by Crippen LogP contribution is -2.25. The van der Waals surface area contributed by atoms with Gasteiger partial charge in [-0.3, -0.25) is 4.99 Å². The fourth-order valence-electron chi connectivity index (χ4n) is 3.63. The first-order valence-electron chi connectivity index (χ1n) is 8.55. The Kier molecular flexibility index (Phi) is 6.89. The van der Waals surface area contributed by atoms with Crippen molar-refractivity contribution < 1.29 is 9.47 Å². The number of halogens is 1. The zero-order valence-electron chi connectivity index (χ0n) is 14.9. The summed E-state index contributed by atoms with van der Waals surface area (Å²) < 4.78 is 10.7. The van der Waals surface area contributed by atoms with Gasteiger partial charge in [-0.25, -0.2) is 0 Å². The first-order valence-corrected chi connectivity index (χ1v) is 8.55. The second kappa shape index (κ2) is 8.91. The fourth-order valence-corrected chi connectivity index (χ4v) is 3.63. The Labute approximate surface area is 156 Å². The molecule has 0 heterocycles. The van der Waals surface area contributed by atoms with Crippen LogP contribution >= 0.6 is 12.4 Å². The minimum absolute atomic E-state index is 0. The summed E-state index contributed by atoms with van der Waals surface area (Å²) in [5.74, 6) is 1.58. The third kappa shape index (κ3) is 4.35. The van der Waals surface area contributed by atoms with Crippen LogP contribution in [0.5, 0.6) is 11.5 Å². The molecule has 0 radical (unpaired) electrons. The quantitative estimate of drug-likeness (QED) is 0.675. The zero-order valence-corrected chi connectivity index (χ0v) is 15.7. The van der Waals surface area contributed by atoms with Gasteiger partial charge in [0, 0.05) is 29.8 Å². The van der Waals surface area contributed by atoms with E-state index < -0.39 is 0 Å². The number of aliphatic imine (C=N–C) groups is 1. The molecule has 134 valence electrons. The van der Waals surface area contributed by atoms with E-state index in [1.165, 1.54) is 31.2 Å². The summed E-state index contributed by atoms with van der Waals surface area (Å²) in [6, 6.07) is 16.7. The molecular formula is C21H26ClNO2. The molecule has 2 aromatic carbocycles. The molecular weight excluding hydrogens is 334 g/mol. The summed E-state index contributed by atoms with van der Waals surface area (Å²) in [6.07, 6.45) is 6.94. The molecule has 1 saturated carbocycles. The predicted octanol–water partition coefficient (Wildman–Crippen LogP) is 5.06. The number of ether oxygens (including phenoxy) is 2. The summed E-state index contributed by atoms with van der Waals surface area (Å²) in [5.41, 5.74) is 2.60. The lowest BCUT2D eigenvalue weighted by atomic mass is 9.79. The molecule has 0 spiro atoms. The number of nitrogens with zero attached hydrogens (tertiary/aromatic N) is 1. The number of methoxy groups -OCH3 is 2. The lowest BCUT2D eigenvalue weighted by molar-refractivity contribution is 0.394. The molecule has 1 fully saturated rings. The molecule has 0 aromatic heterocycles. The number of benzene rings is 2. The Morgan fingerprint density at radius 3 is 2.36 bits per heavy atom. The fraction of sp³-hybridized carbons (Fsp3) is 0.381. The highest BCUT2D eigenvalue weighted by Crippen LogP contribution is 2.41. The smallest absolute Gasteiger partial charge is 0.131 e. The molecule has 0 N–H and O–H groups in total. The predicted molar refractivity (Wildman–Crippen MR) is 106 cm³/mol. The van der Waals surface area contributed by atoms with E-state index >= 15 is 0 Å². The van der Waals surface area contributed by atoms with Crippen molar-refractivity contribution in [3.63, 3.8) is 0 Å². The minimum Gasteiger partial charge on any atom is -0.497 e. The first-order chi connectivity index (χ1) is 11.8. The topological polar surface area (TPSA) is 30.8 Å². The maximum absolute atomic E-state index is 5.45. The molecule has 0 saturated heterocycles. The van der Waals surface area contributed by atoms with E-state index in [0.717, 1.165) is 23.6 Å². The molecule has 0 amide bonds. The third-order valence-corrected chi connectivity index (χ3v) is 5.01. The van der Waals surface area contributed by atoms with E-state index in [2.05, 4.69) is 30.3 Å². The van der Waals surface area contributed by atoms with Crippen molar-refractivity contribution in [3.05, 3.63) is 59.7 Å². The van der Waals surface area contributed by atoms with Crippen molar-refractivity contribution in [2.24, 2.45) is 4.99 Å². The van der Waals surface area contributed by atoms with Crippen LogP contribution < -0.4 is 9.47 Å². The van der Waals surface area contributed by atoms with Gasteiger partial charge >= 0.3 is 0 Å². The average molecular weight is 360 g/mol. The molecule has 25 heavy (non-hydrogen) atoms. The Hall–Kier alpha value is -2.00. The van der Waals surface area contributed by atoms with Gasteiger partial charge in [-0.05, 0) is 30.5 Å². The van der Waals surface area contributed by atoms with Crippen molar-refractivity contribution >= 4 is 18.6 Å². The van der Waals surface area contributed by atoms with Crippen LogP contribution in [0, 0.1) is 0 Å². The second-order valence-electron chi connectivity index (χ2n) is 6.43. The van der Waals surface area contributed by atoms with Crippen LogP contribution in [0.4, 0.5) is 0 Å². The maximum Gasteiger partial charge on any atom is 0.131 e. The molecule has 4 heteroatoms. The van der Waals surface area contributed by atoms with Gasteiger partial charge in [-0.15, -0.1) is 12.4 Å². The standard InChI is InChI=1S/C21H25NO2.ClH/c1-23-19-11-10-17(20(14-19)24-2)15-22-16-21(12-6-7-13-21)18-8-4-3-5-9-18;/h3-5,8-11,14-15H,6-7,12-13,16H2,1-2H3;1H. The highest BCUT2D eigenvalue weighted by atomic mass is 35.5. The number of rotatable bonds is 6. The van der Waals surface area contributed by atoms with Crippen LogP contribution in [-0.2, 0) is 5.41 Å². The monoisotopic (exact) mass is 359 g/mol. The van der Waals surface area contributed by atoms with Gasteiger partial charge in [0.2, 0.25) is 0 Å². The molecule has 3 rings (SSSR count). The van der Waals surface area contributed by atoms with E-state index in [4.69, 9.17) is 14.5 Å². The Balaban J connectivity index is 0.00000225. The SMILES string of the molecule is COc1ccc(C=NCC2(c3ccccc3)CCCC2)c(OC)c1.Cl.